The van der Waals surface area contributed by atoms with Gasteiger partial charge in [-0.2, -0.15) is 4.68 Å². The van der Waals surface area contributed by atoms with Gasteiger partial charge in [-0.15, -0.1) is 5.43 Å². The molecule has 1 heterocycles. The SMILES string of the molecule is CC(=O)Nn1c(Cl)c(-c2ccccc2)c(C)[n+]1C. The summed E-state index contributed by atoms with van der Waals surface area (Å²) in [6, 6.07) is 9.86. The van der Waals surface area contributed by atoms with Crippen molar-refractivity contribution in [3.63, 3.8) is 0 Å². The largest absolute Gasteiger partial charge is 0.322 e. The minimum atomic E-state index is -0.165. The number of hydrogen-bond acceptors (Lipinski definition) is 1. The molecule has 0 aliphatic rings. The van der Waals surface area contributed by atoms with Gasteiger partial charge in [0.15, 0.2) is 0 Å². The third-order valence-corrected chi connectivity index (χ3v) is 3.21. The van der Waals surface area contributed by atoms with Crippen molar-refractivity contribution in [1.82, 2.24) is 4.79 Å². The summed E-state index contributed by atoms with van der Waals surface area (Å²) >= 11 is 6.34. The smallest absolute Gasteiger partial charge is 0.245 e. The fraction of sp³-hybridized carbons (Fsp3) is 0.231. The topological polar surface area (TPSA) is 37.9 Å². The third kappa shape index (κ3) is 2.11. The summed E-state index contributed by atoms with van der Waals surface area (Å²) in [5, 5.41) is 0.497. The minimum absolute atomic E-state index is 0.165. The second kappa shape index (κ2) is 4.82. The number of hydrogen-bond donors (Lipinski definition) is 1. The maximum atomic E-state index is 11.2. The summed E-state index contributed by atoms with van der Waals surface area (Å²) in [5.41, 5.74) is 5.62. The first-order valence-electron chi connectivity index (χ1n) is 5.62. The molecular weight excluding hydrogens is 250 g/mol. The van der Waals surface area contributed by atoms with Crippen molar-refractivity contribution in [2.75, 3.05) is 5.43 Å². The Kier molecular flexibility index (Phi) is 3.39. The molecular formula is C13H15ClN3O+. The molecule has 4 nitrogen and oxygen atoms in total. The lowest BCUT2D eigenvalue weighted by atomic mass is 10.1. The number of halogens is 1. The molecule has 0 spiro atoms. The van der Waals surface area contributed by atoms with Crippen molar-refractivity contribution >= 4 is 17.5 Å². The van der Waals surface area contributed by atoms with Gasteiger partial charge in [-0.1, -0.05) is 41.9 Å². The summed E-state index contributed by atoms with van der Waals surface area (Å²) in [6.07, 6.45) is 0. The standard InChI is InChI=1S/C13H14ClN3O/c1-9-12(11-7-5-4-6-8-11)13(14)17(16(9)3)15-10(2)18/h4-8H,1-3H3/p+1. The van der Waals surface area contributed by atoms with Crippen molar-refractivity contribution < 1.29 is 9.48 Å². The Hall–Kier alpha value is -1.81. The molecule has 1 amide bonds. The molecule has 0 atom stereocenters. The Morgan fingerprint density at radius 1 is 1.33 bits per heavy atom. The molecule has 5 heteroatoms. The number of nitrogens with one attached hydrogen (secondary N) is 1. The summed E-state index contributed by atoms with van der Waals surface area (Å²) in [6.45, 7) is 3.42. The van der Waals surface area contributed by atoms with Crippen LogP contribution >= 0.6 is 11.6 Å². The van der Waals surface area contributed by atoms with Crippen LogP contribution in [-0.2, 0) is 11.8 Å². The molecule has 0 aliphatic carbocycles. The van der Waals surface area contributed by atoms with Gasteiger partial charge in [0, 0.05) is 13.8 Å². The first-order chi connectivity index (χ1) is 8.52. The van der Waals surface area contributed by atoms with Gasteiger partial charge in [-0.05, 0) is 10.4 Å². The van der Waals surface area contributed by atoms with Gasteiger partial charge < -0.3 is 0 Å². The molecule has 0 aliphatic heterocycles. The van der Waals surface area contributed by atoms with E-state index in [9.17, 15) is 4.79 Å². The summed E-state index contributed by atoms with van der Waals surface area (Å²) in [4.78, 5) is 12.7. The molecule has 18 heavy (non-hydrogen) atoms. The molecule has 2 rings (SSSR count). The Morgan fingerprint density at radius 2 is 1.94 bits per heavy atom. The molecule has 94 valence electrons. The van der Waals surface area contributed by atoms with E-state index in [1.807, 2.05) is 49.0 Å². The zero-order valence-electron chi connectivity index (χ0n) is 10.6. The first-order valence-corrected chi connectivity index (χ1v) is 6.00. The van der Waals surface area contributed by atoms with E-state index < -0.39 is 0 Å². The van der Waals surface area contributed by atoms with E-state index in [2.05, 4.69) is 5.43 Å². The maximum absolute atomic E-state index is 11.2. The van der Waals surface area contributed by atoms with E-state index in [1.165, 1.54) is 6.92 Å². The van der Waals surface area contributed by atoms with Gasteiger partial charge in [-0.25, -0.2) is 4.79 Å². The maximum Gasteiger partial charge on any atom is 0.322 e. The van der Waals surface area contributed by atoms with Crippen LogP contribution in [0.3, 0.4) is 0 Å². The third-order valence-electron chi connectivity index (χ3n) is 2.87. The predicted molar refractivity (Wildman–Crippen MR) is 70.8 cm³/mol. The minimum Gasteiger partial charge on any atom is -0.245 e. The molecule has 0 fully saturated rings. The van der Waals surface area contributed by atoms with E-state index in [-0.39, 0.29) is 5.91 Å². The number of carbonyl (C=O) groups is 1. The van der Waals surface area contributed by atoms with Crippen LogP contribution in [-0.4, -0.2) is 10.7 Å². The van der Waals surface area contributed by atoms with Crippen molar-refractivity contribution in [3.05, 3.63) is 41.2 Å². The fourth-order valence-corrected chi connectivity index (χ4v) is 2.31. The highest BCUT2D eigenvalue weighted by Gasteiger charge is 2.23. The number of amides is 1. The van der Waals surface area contributed by atoms with Crippen LogP contribution in [0.5, 0.6) is 0 Å². The lowest BCUT2D eigenvalue weighted by Gasteiger charge is -1.99. The van der Waals surface area contributed by atoms with Crippen molar-refractivity contribution in [2.45, 2.75) is 13.8 Å². The highest BCUT2D eigenvalue weighted by atomic mass is 35.5. The number of carbonyl (C=O) groups excluding carboxylic acids is 1. The average molecular weight is 265 g/mol. The van der Waals surface area contributed by atoms with Crippen LogP contribution in [0.4, 0.5) is 0 Å². The monoisotopic (exact) mass is 264 g/mol. The van der Waals surface area contributed by atoms with Gasteiger partial charge in [0.05, 0.1) is 5.56 Å². The van der Waals surface area contributed by atoms with Gasteiger partial charge in [-0.3, -0.25) is 0 Å². The first kappa shape index (κ1) is 12.6. The number of benzene rings is 1. The zero-order chi connectivity index (χ0) is 13.3. The van der Waals surface area contributed by atoms with E-state index in [1.54, 1.807) is 4.79 Å². The van der Waals surface area contributed by atoms with Crippen LogP contribution in [0, 0.1) is 6.92 Å². The van der Waals surface area contributed by atoms with Gasteiger partial charge >= 0.3 is 5.91 Å². The Labute approximate surface area is 111 Å². The van der Waals surface area contributed by atoms with Crippen LogP contribution in [0.2, 0.25) is 5.15 Å². The molecule has 0 bridgehead atoms. The van der Waals surface area contributed by atoms with E-state index in [4.69, 9.17) is 11.6 Å². The van der Waals surface area contributed by atoms with Crippen LogP contribution < -0.4 is 10.1 Å². The lowest BCUT2D eigenvalue weighted by Crippen LogP contribution is -2.46. The second-order valence-corrected chi connectivity index (χ2v) is 4.48. The number of aromatic nitrogens is 2. The van der Waals surface area contributed by atoms with Crippen LogP contribution in [0.25, 0.3) is 11.1 Å². The molecule has 0 unspecified atom stereocenters. The highest BCUT2D eigenvalue weighted by Crippen LogP contribution is 2.29. The number of nitrogens with zero attached hydrogens (tertiary/aromatic N) is 2. The molecule has 0 saturated carbocycles. The summed E-state index contributed by atoms with van der Waals surface area (Å²) < 4.78 is 1.81. The zero-order valence-corrected chi connectivity index (χ0v) is 11.3. The Bertz CT molecular complexity index is 590. The second-order valence-electron chi connectivity index (χ2n) is 4.12. The van der Waals surface area contributed by atoms with Gasteiger partial charge in [0.2, 0.25) is 5.15 Å². The van der Waals surface area contributed by atoms with E-state index in [0.717, 1.165) is 16.8 Å². The van der Waals surface area contributed by atoms with E-state index >= 15 is 0 Å². The molecule has 0 radical (unpaired) electrons. The Balaban J connectivity index is 2.60. The molecule has 2 aromatic rings. The number of rotatable bonds is 2. The Morgan fingerprint density at radius 3 is 2.50 bits per heavy atom. The summed E-state index contributed by atoms with van der Waals surface area (Å²) in [7, 11) is 1.85. The van der Waals surface area contributed by atoms with Gasteiger partial charge in [0.25, 0.3) is 0 Å². The quantitative estimate of drug-likeness (QED) is 0.828. The fourth-order valence-electron chi connectivity index (χ4n) is 1.90. The van der Waals surface area contributed by atoms with Crippen LogP contribution in [0.1, 0.15) is 12.6 Å². The van der Waals surface area contributed by atoms with Crippen LogP contribution in [0.15, 0.2) is 30.3 Å². The van der Waals surface area contributed by atoms with E-state index in [0.29, 0.717) is 5.15 Å². The molecule has 1 aromatic carbocycles. The molecule has 0 saturated heterocycles. The van der Waals surface area contributed by atoms with Crippen molar-refractivity contribution in [2.24, 2.45) is 7.05 Å². The van der Waals surface area contributed by atoms with Crippen molar-refractivity contribution in [3.8, 4) is 11.1 Å². The molecule has 1 aromatic heterocycles. The predicted octanol–water partition coefficient (Wildman–Crippen LogP) is 2.03. The molecule has 1 N–H and O–H groups in total. The van der Waals surface area contributed by atoms with Crippen molar-refractivity contribution in [1.29, 1.82) is 0 Å². The average Bonchev–Trinajstić information content (AvgIpc) is 2.54. The highest BCUT2D eigenvalue weighted by molar-refractivity contribution is 6.32. The van der Waals surface area contributed by atoms with Gasteiger partial charge in [0.1, 0.15) is 12.7 Å². The summed E-state index contributed by atoms with van der Waals surface area (Å²) in [5.74, 6) is -0.165. The normalized spacial score (nSPS) is 10.4. The lowest BCUT2D eigenvalue weighted by molar-refractivity contribution is -0.753.